The Bertz CT molecular complexity index is 181. The maximum Gasteiger partial charge on any atom is 0.111 e. The summed E-state index contributed by atoms with van der Waals surface area (Å²) in [5, 5.41) is 0. The maximum absolute atomic E-state index is 5.42. The van der Waals surface area contributed by atoms with Crippen molar-refractivity contribution in [1.29, 1.82) is 0 Å². The second-order valence-corrected chi connectivity index (χ2v) is 3.36. The minimum absolute atomic E-state index is 0.765. The first-order valence-electron chi connectivity index (χ1n) is 4.99. The van der Waals surface area contributed by atoms with Gasteiger partial charge >= 0.3 is 0 Å². The SMILES string of the molecule is C=C(/C=C\C)OCCN1CCCC1. The molecule has 2 nitrogen and oxygen atoms in total. The molecule has 1 fully saturated rings. The summed E-state index contributed by atoms with van der Waals surface area (Å²) in [5.74, 6) is 0.765. The van der Waals surface area contributed by atoms with E-state index in [2.05, 4.69) is 11.5 Å². The molecule has 0 spiro atoms. The monoisotopic (exact) mass is 181 g/mol. The molecule has 0 atom stereocenters. The molecule has 1 aliphatic rings. The second kappa shape index (κ2) is 5.81. The third-order valence-electron chi connectivity index (χ3n) is 2.25. The number of nitrogens with zero attached hydrogens (tertiary/aromatic N) is 1. The van der Waals surface area contributed by atoms with Crippen LogP contribution in [0.1, 0.15) is 19.8 Å². The Hall–Kier alpha value is -0.760. The zero-order chi connectivity index (χ0) is 9.52. The van der Waals surface area contributed by atoms with Crippen LogP contribution in [0.5, 0.6) is 0 Å². The predicted octanol–water partition coefficient (Wildman–Crippen LogP) is 2.19. The van der Waals surface area contributed by atoms with Crippen molar-refractivity contribution in [3.8, 4) is 0 Å². The molecular formula is C11H19NO. The Balaban J connectivity index is 2.02. The lowest BCUT2D eigenvalue weighted by Crippen LogP contribution is -2.23. The van der Waals surface area contributed by atoms with Crippen LogP contribution in [0.15, 0.2) is 24.5 Å². The van der Waals surface area contributed by atoms with Crippen molar-refractivity contribution < 1.29 is 4.74 Å². The third kappa shape index (κ3) is 4.13. The van der Waals surface area contributed by atoms with Crippen LogP contribution >= 0.6 is 0 Å². The maximum atomic E-state index is 5.42. The molecule has 0 saturated carbocycles. The smallest absolute Gasteiger partial charge is 0.111 e. The quantitative estimate of drug-likeness (QED) is 0.476. The van der Waals surface area contributed by atoms with Gasteiger partial charge in [0.2, 0.25) is 0 Å². The molecule has 0 aromatic rings. The third-order valence-corrected chi connectivity index (χ3v) is 2.25. The van der Waals surface area contributed by atoms with E-state index in [4.69, 9.17) is 4.74 Å². The summed E-state index contributed by atoms with van der Waals surface area (Å²) in [4.78, 5) is 2.43. The van der Waals surface area contributed by atoms with E-state index in [0.717, 1.165) is 18.9 Å². The summed E-state index contributed by atoms with van der Waals surface area (Å²) < 4.78 is 5.42. The van der Waals surface area contributed by atoms with Gasteiger partial charge in [-0.2, -0.15) is 0 Å². The van der Waals surface area contributed by atoms with Gasteiger partial charge in [0.15, 0.2) is 0 Å². The molecule has 2 heteroatoms. The predicted molar refractivity (Wildman–Crippen MR) is 55.6 cm³/mol. The van der Waals surface area contributed by atoms with Gasteiger partial charge < -0.3 is 4.74 Å². The van der Waals surface area contributed by atoms with Crippen LogP contribution in [0.3, 0.4) is 0 Å². The molecule has 0 amide bonds. The van der Waals surface area contributed by atoms with Crippen LogP contribution in [0.25, 0.3) is 0 Å². The summed E-state index contributed by atoms with van der Waals surface area (Å²) in [7, 11) is 0. The first-order chi connectivity index (χ1) is 6.33. The van der Waals surface area contributed by atoms with Crippen LogP contribution in [-0.2, 0) is 4.74 Å². The normalized spacial score (nSPS) is 18.2. The van der Waals surface area contributed by atoms with E-state index >= 15 is 0 Å². The Labute approximate surface area is 80.9 Å². The van der Waals surface area contributed by atoms with Gasteiger partial charge in [0.1, 0.15) is 12.4 Å². The minimum atomic E-state index is 0.765. The highest BCUT2D eigenvalue weighted by molar-refractivity contribution is 5.05. The molecule has 0 N–H and O–H groups in total. The van der Waals surface area contributed by atoms with Gasteiger partial charge in [0.25, 0.3) is 0 Å². The van der Waals surface area contributed by atoms with Crippen molar-refractivity contribution in [3.05, 3.63) is 24.5 Å². The van der Waals surface area contributed by atoms with E-state index < -0.39 is 0 Å². The minimum Gasteiger partial charge on any atom is -0.493 e. The Morgan fingerprint density at radius 3 is 2.77 bits per heavy atom. The van der Waals surface area contributed by atoms with Crippen molar-refractivity contribution in [2.75, 3.05) is 26.2 Å². The van der Waals surface area contributed by atoms with Crippen LogP contribution < -0.4 is 0 Å². The first kappa shape index (κ1) is 10.3. The van der Waals surface area contributed by atoms with E-state index in [-0.39, 0.29) is 0 Å². The van der Waals surface area contributed by atoms with Gasteiger partial charge in [-0.1, -0.05) is 12.7 Å². The lowest BCUT2D eigenvalue weighted by Gasteiger charge is -2.14. The first-order valence-corrected chi connectivity index (χ1v) is 4.99. The number of hydrogen-bond donors (Lipinski definition) is 0. The van der Waals surface area contributed by atoms with Crippen LogP contribution in [-0.4, -0.2) is 31.1 Å². The number of rotatable bonds is 5. The zero-order valence-electron chi connectivity index (χ0n) is 8.46. The molecular weight excluding hydrogens is 162 g/mol. The van der Waals surface area contributed by atoms with E-state index in [1.165, 1.54) is 25.9 Å². The van der Waals surface area contributed by atoms with Gasteiger partial charge in [-0.15, -0.1) is 0 Å². The van der Waals surface area contributed by atoms with E-state index in [1.54, 1.807) is 0 Å². The Kier molecular flexibility index (Phi) is 4.61. The second-order valence-electron chi connectivity index (χ2n) is 3.36. The topological polar surface area (TPSA) is 12.5 Å². The molecule has 0 radical (unpaired) electrons. The highest BCUT2D eigenvalue weighted by atomic mass is 16.5. The number of allylic oxidation sites excluding steroid dienone is 2. The Morgan fingerprint density at radius 2 is 2.15 bits per heavy atom. The zero-order valence-corrected chi connectivity index (χ0v) is 8.46. The number of likely N-dealkylation sites (tertiary alicyclic amines) is 1. The molecule has 1 saturated heterocycles. The summed E-state index contributed by atoms with van der Waals surface area (Å²) >= 11 is 0. The molecule has 74 valence electrons. The van der Waals surface area contributed by atoms with Gasteiger partial charge in [-0.3, -0.25) is 4.90 Å². The van der Waals surface area contributed by atoms with Crippen molar-refractivity contribution in [2.45, 2.75) is 19.8 Å². The summed E-state index contributed by atoms with van der Waals surface area (Å²) in [6.45, 7) is 10.0. The average Bonchev–Trinajstić information content (AvgIpc) is 2.57. The summed E-state index contributed by atoms with van der Waals surface area (Å²) in [6, 6.07) is 0. The van der Waals surface area contributed by atoms with Crippen LogP contribution in [0.4, 0.5) is 0 Å². The van der Waals surface area contributed by atoms with Crippen LogP contribution in [0, 0.1) is 0 Å². The molecule has 1 aliphatic heterocycles. The van der Waals surface area contributed by atoms with Crippen molar-refractivity contribution in [3.63, 3.8) is 0 Å². The van der Waals surface area contributed by atoms with Crippen molar-refractivity contribution in [2.24, 2.45) is 0 Å². The number of ether oxygens (including phenoxy) is 1. The Morgan fingerprint density at radius 1 is 1.46 bits per heavy atom. The molecule has 1 rings (SSSR count). The fraction of sp³-hybridized carbons (Fsp3) is 0.636. The lowest BCUT2D eigenvalue weighted by atomic mass is 10.4. The van der Waals surface area contributed by atoms with Gasteiger partial charge in [0, 0.05) is 6.54 Å². The summed E-state index contributed by atoms with van der Waals surface area (Å²) in [5.41, 5.74) is 0. The lowest BCUT2D eigenvalue weighted by molar-refractivity contribution is 0.181. The van der Waals surface area contributed by atoms with E-state index in [1.807, 2.05) is 19.1 Å². The van der Waals surface area contributed by atoms with Crippen LogP contribution in [0.2, 0.25) is 0 Å². The van der Waals surface area contributed by atoms with E-state index in [9.17, 15) is 0 Å². The standard InChI is InChI=1S/C11H19NO/c1-3-6-11(2)13-10-9-12-7-4-5-8-12/h3,6H,2,4-5,7-10H2,1H3/b6-3-. The molecule has 1 heterocycles. The molecule has 0 aromatic heterocycles. The largest absolute Gasteiger partial charge is 0.493 e. The van der Waals surface area contributed by atoms with Crippen molar-refractivity contribution >= 4 is 0 Å². The highest BCUT2D eigenvalue weighted by Crippen LogP contribution is 2.06. The van der Waals surface area contributed by atoms with Gasteiger partial charge in [-0.25, -0.2) is 0 Å². The van der Waals surface area contributed by atoms with Gasteiger partial charge in [-0.05, 0) is 38.9 Å². The van der Waals surface area contributed by atoms with E-state index in [0.29, 0.717) is 0 Å². The van der Waals surface area contributed by atoms with Gasteiger partial charge in [0.05, 0.1) is 0 Å². The number of hydrogen-bond acceptors (Lipinski definition) is 2. The molecule has 0 unspecified atom stereocenters. The average molecular weight is 181 g/mol. The fourth-order valence-electron chi connectivity index (χ4n) is 1.55. The highest BCUT2D eigenvalue weighted by Gasteiger charge is 2.10. The molecule has 0 bridgehead atoms. The fourth-order valence-corrected chi connectivity index (χ4v) is 1.55. The molecule has 0 aliphatic carbocycles. The molecule has 13 heavy (non-hydrogen) atoms. The van der Waals surface area contributed by atoms with Crippen molar-refractivity contribution in [1.82, 2.24) is 4.90 Å². The molecule has 0 aromatic carbocycles. The summed E-state index contributed by atoms with van der Waals surface area (Å²) in [6.07, 6.45) is 6.52.